The molecule has 2 rings (SSSR count). The molecule has 0 heterocycles. The number of nitrogens with zero attached hydrogens (tertiary/aromatic N) is 1. The second kappa shape index (κ2) is 11.3. The largest absolute Gasteiger partial charge is 0.426 e. The molecule has 1 N–H and O–H groups in total. The molecule has 0 bridgehead atoms. The van der Waals surface area contributed by atoms with Gasteiger partial charge in [0.1, 0.15) is 5.75 Å². The summed E-state index contributed by atoms with van der Waals surface area (Å²) in [5, 5.41) is 9.80. The van der Waals surface area contributed by atoms with E-state index in [1.165, 1.54) is 12.1 Å². The average molecular weight is 419 g/mol. The Morgan fingerprint density at radius 2 is 1.77 bits per heavy atom. The number of aliphatic hydroxyl groups excluding tert-OH is 1. The van der Waals surface area contributed by atoms with Crippen molar-refractivity contribution in [2.24, 2.45) is 5.89 Å². The SMILES string of the molecule is [2H]C([2H])([2H])C([2H])(C(=O)Oc1ccc(CO)cc1[C@H](CCN(C(C)C)C(C)C)c1ccccc1)C([2H])([2H])[2H]. The molecule has 4 heteroatoms. The third-order valence-electron chi connectivity index (χ3n) is 5.24. The molecule has 0 aromatic heterocycles. The first-order valence-electron chi connectivity index (χ1n) is 13.8. The number of esters is 1. The van der Waals surface area contributed by atoms with Crippen LogP contribution in [0, 0.1) is 5.89 Å². The summed E-state index contributed by atoms with van der Waals surface area (Å²) in [4.78, 5) is 15.4. The van der Waals surface area contributed by atoms with Gasteiger partial charge in [0.05, 0.1) is 12.5 Å². The van der Waals surface area contributed by atoms with E-state index >= 15 is 0 Å². The number of hydrogen-bond donors (Lipinski definition) is 1. The molecule has 0 radical (unpaired) electrons. The van der Waals surface area contributed by atoms with Crippen molar-refractivity contribution in [3.8, 4) is 5.75 Å². The van der Waals surface area contributed by atoms with E-state index in [-0.39, 0.29) is 30.4 Å². The molecular weight excluding hydrogens is 374 g/mol. The molecule has 4 nitrogen and oxygen atoms in total. The first kappa shape index (κ1) is 15.6. The molecule has 0 aliphatic rings. The van der Waals surface area contributed by atoms with E-state index in [1.807, 2.05) is 30.3 Å². The van der Waals surface area contributed by atoms with Crippen LogP contribution in [0.5, 0.6) is 5.75 Å². The van der Waals surface area contributed by atoms with Gasteiger partial charge in [-0.1, -0.05) is 50.1 Å². The fourth-order valence-electron chi connectivity index (χ4n) is 3.79. The minimum absolute atomic E-state index is 0.0400. The first-order valence-corrected chi connectivity index (χ1v) is 10.3. The Labute approximate surface area is 191 Å². The Kier molecular flexibility index (Phi) is 5.87. The molecule has 0 saturated carbocycles. The van der Waals surface area contributed by atoms with E-state index < -0.39 is 25.6 Å². The maximum absolute atomic E-state index is 13.1. The van der Waals surface area contributed by atoms with Crippen molar-refractivity contribution in [3.63, 3.8) is 0 Å². The zero-order chi connectivity index (χ0) is 28.2. The van der Waals surface area contributed by atoms with Crippen LogP contribution < -0.4 is 4.74 Å². The summed E-state index contributed by atoms with van der Waals surface area (Å²) in [6, 6.07) is 14.6. The molecular formula is C26H37NO3. The van der Waals surface area contributed by atoms with Crippen LogP contribution in [0.1, 0.15) is 80.0 Å². The Morgan fingerprint density at radius 3 is 2.33 bits per heavy atom. The third kappa shape index (κ3) is 6.41. The van der Waals surface area contributed by atoms with Crippen LogP contribution in [0.3, 0.4) is 0 Å². The zero-order valence-electron chi connectivity index (χ0n) is 25.2. The zero-order valence-corrected chi connectivity index (χ0v) is 18.2. The van der Waals surface area contributed by atoms with Crippen LogP contribution in [0.4, 0.5) is 0 Å². The van der Waals surface area contributed by atoms with Gasteiger partial charge in [-0.3, -0.25) is 9.69 Å². The van der Waals surface area contributed by atoms with Gasteiger partial charge in [-0.05, 0) is 63.9 Å². The Morgan fingerprint density at radius 1 is 1.10 bits per heavy atom. The summed E-state index contributed by atoms with van der Waals surface area (Å²) in [6.45, 7) is 1.94. The quantitative estimate of drug-likeness (QED) is 0.416. The molecule has 0 aliphatic carbocycles. The van der Waals surface area contributed by atoms with E-state index in [0.29, 0.717) is 24.1 Å². The lowest BCUT2D eigenvalue weighted by molar-refractivity contribution is -0.137. The van der Waals surface area contributed by atoms with Crippen molar-refractivity contribution in [3.05, 3.63) is 65.2 Å². The summed E-state index contributed by atoms with van der Waals surface area (Å²) in [5.74, 6) is -5.51. The fourth-order valence-corrected chi connectivity index (χ4v) is 3.79. The van der Waals surface area contributed by atoms with Crippen molar-refractivity contribution in [2.45, 2.75) is 72.4 Å². The van der Waals surface area contributed by atoms with Crippen LogP contribution >= 0.6 is 0 Å². The number of rotatable bonds is 10. The fraction of sp³-hybridized carbons (Fsp3) is 0.500. The molecule has 0 aliphatic heterocycles. The second-order valence-corrected chi connectivity index (χ2v) is 7.97. The molecule has 0 amide bonds. The monoisotopic (exact) mass is 418 g/mol. The normalized spacial score (nSPS) is 17.4. The molecule has 0 spiro atoms. The van der Waals surface area contributed by atoms with Gasteiger partial charge < -0.3 is 9.84 Å². The minimum Gasteiger partial charge on any atom is -0.426 e. The van der Waals surface area contributed by atoms with E-state index in [1.54, 1.807) is 6.07 Å². The maximum atomic E-state index is 13.1. The van der Waals surface area contributed by atoms with Gasteiger partial charge in [0.2, 0.25) is 0 Å². The van der Waals surface area contributed by atoms with Gasteiger partial charge in [0.25, 0.3) is 0 Å². The lowest BCUT2D eigenvalue weighted by Crippen LogP contribution is -2.38. The third-order valence-corrected chi connectivity index (χ3v) is 5.24. The van der Waals surface area contributed by atoms with Crippen molar-refractivity contribution in [1.29, 1.82) is 0 Å². The summed E-state index contributed by atoms with van der Waals surface area (Å²) < 4.78 is 59.3. The highest BCUT2D eigenvalue weighted by Crippen LogP contribution is 2.36. The number of ether oxygens (including phenoxy) is 1. The highest BCUT2D eigenvalue weighted by Gasteiger charge is 2.23. The van der Waals surface area contributed by atoms with Crippen molar-refractivity contribution >= 4 is 5.97 Å². The number of benzene rings is 2. The molecule has 0 unspecified atom stereocenters. The van der Waals surface area contributed by atoms with Crippen LogP contribution in [-0.2, 0) is 11.4 Å². The number of carbonyl (C=O) groups excluding carboxylic acids is 1. The van der Waals surface area contributed by atoms with Crippen LogP contribution in [0.15, 0.2) is 48.5 Å². The van der Waals surface area contributed by atoms with Crippen molar-refractivity contribution in [1.82, 2.24) is 4.90 Å². The van der Waals surface area contributed by atoms with Gasteiger partial charge in [0.15, 0.2) is 0 Å². The molecule has 2 aromatic rings. The summed E-state index contributed by atoms with van der Waals surface area (Å²) in [5.41, 5.74) is 1.95. The van der Waals surface area contributed by atoms with E-state index in [4.69, 9.17) is 14.3 Å². The molecule has 0 fully saturated rings. The predicted octanol–water partition coefficient (Wildman–Crippen LogP) is 5.38. The highest BCUT2D eigenvalue weighted by molar-refractivity contribution is 5.75. The molecule has 2 aromatic carbocycles. The van der Waals surface area contributed by atoms with E-state index in [9.17, 15) is 9.90 Å². The number of hydrogen-bond acceptors (Lipinski definition) is 4. The average Bonchev–Trinajstić information content (AvgIpc) is 2.80. The van der Waals surface area contributed by atoms with E-state index in [0.717, 1.165) is 5.56 Å². The standard InChI is InChI=1S/C26H37NO3/c1-18(2)26(29)30-25-13-12-21(17-28)16-24(25)23(22-10-8-7-9-11-22)14-15-27(19(3)4)20(5)6/h7-13,16,18-20,23,28H,14-15,17H2,1-6H3/t23-/m1/s1/i1D3,2D3,18D. The summed E-state index contributed by atoms with van der Waals surface area (Å²) in [6.07, 6.45) is 0.602. The molecule has 30 heavy (non-hydrogen) atoms. The van der Waals surface area contributed by atoms with Gasteiger partial charge in [0, 0.05) is 33.2 Å². The number of carbonyl (C=O) groups is 1. The first-order chi connectivity index (χ1) is 17.0. The lowest BCUT2D eigenvalue weighted by Gasteiger charge is -2.32. The smallest absolute Gasteiger partial charge is 0.313 e. The van der Waals surface area contributed by atoms with Gasteiger partial charge in [-0.15, -0.1) is 0 Å². The molecule has 0 saturated heterocycles. The summed E-state index contributed by atoms with van der Waals surface area (Å²) in [7, 11) is 0. The Hall–Kier alpha value is -2.17. The minimum atomic E-state index is -3.47. The lowest BCUT2D eigenvalue weighted by atomic mass is 9.86. The number of aliphatic hydroxyl groups is 1. The van der Waals surface area contributed by atoms with Crippen LogP contribution in [0.2, 0.25) is 0 Å². The second-order valence-electron chi connectivity index (χ2n) is 7.97. The van der Waals surface area contributed by atoms with Crippen LogP contribution in [-0.4, -0.2) is 34.6 Å². The van der Waals surface area contributed by atoms with Gasteiger partial charge in [-0.25, -0.2) is 0 Å². The predicted molar refractivity (Wildman–Crippen MR) is 123 cm³/mol. The summed E-state index contributed by atoms with van der Waals surface area (Å²) >= 11 is 0. The Balaban J connectivity index is 2.61. The molecule has 164 valence electrons. The maximum Gasteiger partial charge on any atom is 0.313 e. The van der Waals surface area contributed by atoms with Crippen molar-refractivity contribution in [2.75, 3.05) is 6.54 Å². The Bertz CT molecular complexity index is 1010. The van der Waals surface area contributed by atoms with Crippen LogP contribution in [0.25, 0.3) is 0 Å². The topological polar surface area (TPSA) is 49.8 Å². The highest BCUT2D eigenvalue weighted by atomic mass is 16.5. The van der Waals surface area contributed by atoms with Gasteiger partial charge >= 0.3 is 5.97 Å². The van der Waals surface area contributed by atoms with Gasteiger partial charge in [-0.2, -0.15) is 0 Å². The van der Waals surface area contributed by atoms with Crippen molar-refractivity contribution < 1.29 is 24.2 Å². The molecule has 1 atom stereocenters. The van der Waals surface area contributed by atoms with E-state index in [2.05, 4.69) is 32.6 Å².